The fourth-order valence-corrected chi connectivity index (χ4v) is 0.969. The summed E-state index contributed by atoms with van der Waals surface area (Å²) in [7, 11) is 0. The fourth-order valence-electron chi connectivity index (χ4n) is 0.969. The van der Waals surface area contributed by atoms with E-state index in [0.717, 1.165) is 0 Å². The van der Waals surface area contributed by atoms with Crippen molar-refractivity contribution in [3.05, 3.63) is 12.7 Å². The highest BCUT2D eigenvalue weighted by Gasteiger charge is 2.03. The smallest absolute Gasteiger partial charge is 0.162 e. The molecule has 0 amide bonds. The predicted molar refractivity (Wildman–Crippen MR) is 48.0 cm³/mol. The molecule has 2 aromatic heterocycles. The first-order chi connectivity index (χ1) is 6.42. The van der Waals surface area contributed by atoms with Crippen LogP contribution < -0.4 is 11.2 Å². The van der Waals surface area contributed by atoms with Crippen LogP contribution in [0.1, 0.15) is 0 Å². The number of hydrogen-bond acceptors (Lipinski definition) is 5. The molecule has 0 aliphatic rings. The van der Waals surface area contributed by atoms with E-state index in [0.29, 0.717) is 17.0 Å². The van der Waals surface area contributed by atoms with E-state index < -0.39 is 0 Å². The van der Waals surface area contributed by atoms with Crippen molar-refractivity contribution in [3.8, 4) is 0 Å². The van der Waals surface area contributed by atoms with Crippen LogP contribution in [0, 0.1) is 0 Å². The van der Waals surface area contributed by atoms with Gasteiger partial charge in [-0.25, -0.2) is 15.0 Å². The molecular weight excluding hydrogens is 170 g/mol. The number of rotatable bonds is 2. The molecule has 0 unspecified atom stereocenters. The Morgan fingerprint density at radius 3 is 3.23 bits per heavy atom. The number of hydrazone groups is 1. The third-order valence-electron chi connectivity index (χ3n) is 1.49. The lowest BCUT2D eigenvalue weighted by atomic mass is 10.5. The van der Waals surface area contributed by atoms with Gasteiger partial charge in [-0.1, -0.05) is 0 Å². The maximum Gasteiger partial charge on any atom is 0.162 e. The Morgan fingerprint density at radius 1 is 1.46 bits per heavy atom. The molecule has 7 nitrogen and oxygen atoms in total. The van der Waals surface area contributed by atoms with E-state index in [4.69, 9.17) is 5.84 Å². The molecule has 4 N–H and O–H groups in total. The van der Waals surface area contributed by atoms with Gasteiger partial charge in [0.15, 0.2) is 17.0 Å². The van der Waals surface area contributed by atoms with Gasteiger partial charge >= 0.3 is 0 Å². The van der Waals surface area contributed by atoms with Crippen LogP contribution in [0.25, 0.3) is 11.2 Å². The summed E-state index contributed by atoms with van der Waals surface area (Å²) >= 11 is 0. The summed E-state index contributed by atoms with van der Waals surface area (Å²) < 4.78 is 0. The minimum Gasteiger partial charge on any atom is -0.329 e. The largest absolute Gasteiger partial charge is 0.329 e. The molecule has 0 saturated carbocycles. The van der Waals surface area contributed by atoms with E-state index in [1.165, 1.54) is 12.7 Å². The molecule has 0 bridgehead atoms. The van der Waals surface area contributed by atoms with Gasteiger partial charge in [0.25, 0.3) is 0 Å². The number of imidazole rings is 1. The Kier molecular flexibility index (Phi) is 1.75. The molecule has 2 heterocycles. The Bertz CT molecular complexity index is 431. The number of aromatic amines is 1. The summed E-state index contributed by atoms with van der Waals surface area (Å²) in [6.07, 6.45) is 4.30. The summed E-state index contributed by atoms with van der Waals surface area (Å²) in [6, 6.07) is 0. The van der Waals surface area contributed by atoms with Crippen LogP contribution in [0.15, 0.2) is 17.8 Å². The van der Waals surface area contributed by atoms with Crippen molar-refractivity contribution >= 4 is 23.3 Å². The quantitative estimate of drug-likeness (QED) is 0.252. The zero-order valence-electron chi connectivity index (χ0n) is 6.60. The average molecular weight is 177 g/mol. The number of aromatic nitrogens is 4. The number of H-pyrrole nitrogens is 1. The fraction of sp³-hybridized carbons (Fsp3) is 0. The summed E-state index contributed by atoms with van der Waals surface area (Å²) in [5.74, 6) is 5.50. The highest BCUT2D eigenvalue weighted by atomic mass is 15.2. The minimum atomic E-state index is 0.570. The van der Waals surface area contributed by atoms with Gasteiger partial charge in [0.1, 0.15) is 12.7 Å². The molecule has 0 aliphatic carbocycles. The first-order valence-corrected chi connectivity index (χ1v) is 3.54. The summed E-state index contributed by atoms with van der Waals surface area (Å²) in [5.41, 5.74) is 1.32. The second-order valence-corrected chi connectivity index (χ2v) is 2.24. The Hall–Kier alpha value is -2.18. The van der Waals surface area contributed by atoms with E-state index >= 15 is 0 Å². The van der Waals surface area contributed by atoms with Gasteiger partial charge in [-0.05, 0) is 0 Å². The van der Waals surface area contributed by atoms with Crippen LogP contribution in [0.5, 0.6) is 0 Å². The third-order valence-corrected chi connectivity index (χ3v) is 1.49. The lowest BCUT2D eigenvalue weighted by molar-refractivity contribution is 1.20. The molecule has 0 fully saturated rings. The van der Waals surface area contributed by atoms with Crippen LogP contribution in [0.4, 0.5) is 5.82 Å². The predicted octanol–water partition coefficient (Wildman–Crippen LogP) is -0.333. The van der Waals surface area contributed by atoms with Gasteiger partial charge < -0.3 is 16.1 Å². The number of anilines is 1. The second kappa shape index (κ2) is 3.05. The third kappa shape index (κ3) is 1.26. The number of hydrogen-bond donors (Lipinski definition) is 3. The molecular formula is C6H7N7. The van der Waals surface area contributed by atoms with Gasteiger partial charge in [-0.2, -0.15) is 5.10 Å². The molecule has 7 heteroatoms. The second-order valence-electron chi connectivity index (χ2n) is 2.24. The van der Waals surface area contributed by atoms with Crippen molar-refractivity contribution < 1.29 is 0 Å². The van der Waals surface area contributed by atoms with Crippen LogP contribution in [-0.4, -0.2) is 26.3 Å². The van der Waals surface area contributed by atoms with Gasteiger partial charge in [-0.3, -0.25) is 0 Å². The molecule has 0 radical (unpaired) electrons. The minimum absolute atomic E-state index is 0.570. The SMILES string of the molecule is NN=CNc1ncnc2[nH]cnc12. The molecule has 0 atom stereocenters. The van der Waals surface area contributed by atoms with Gasteiger partial charge in [0, 0.05) is 0 Å². The van der Waals surface area contributed by atoms with Gasteiger partial charge in [0.2, 0.25) is 0 Å². The number of nitrogens with two attached hydrogens (primary N) is 1. The molecule has 66 valence electrons. The molecule has 0 saturated heterocycles. The van der Waals surface area contributed by atoms with E-state index in [-0.39, 0.29) is 0 Å². The van der Waals surface area contributed by atoms with E-state index in [1.54, 1.807) is 6.33 Å². The van der Waals surface area contributed by atoms with Crippen molar-refractivity contribution in [1.29, 1.82) is 0 Å². The topological polar surface area (TPSA) is 105 Å². The lowest BCUT2D eigenvalue weighted by Gasteiger charge is -1.97. The Morgan fingerprint density at radius 2 is 2.38 bits per heavy atom. The molecule has 2 rings (SSSR count). The van der Waals surface area contributed by atoms with Gasteiger partial charge in [0.05, 0.1) is 6.33 Å². The molecule has 0 aromatic carbocycles. The Balaban J connectivity index is 2.48. The van der Waals surface area contributed by atoms with E-state index in [2.05, 4.69) is 30.4 Å². The lowest BCUT2D eigenvalue weighted by Crippen LogP contribution is -2.00. The molecule has 13 heavy (non-hydrogen) atoms. The van der Waals surface area contributed by atoms with Crippen molar-refractivity contribution in [3.63, 3.8) is 0 Å². The first-order valence-electron chi connectivity index (χ1n) is 3.54. The molecule has 2 aromatic rings. The van der Waals surface area contributed by atoms with Crippen LogP contribution >= 0.6 is 0 Å². The zero-order chi connectivity index (χ0) is 9.10. The summed E-state index contributed by atoms with van der Waals surface area (Å²) in [6.45, 7) is 0. The normalized spacial score (nSPS) is 11.1. The maximum absolute atomic E-state index is 4.93. The highest BCUT2D eigenvalue weighted by Crippen LogP contribution is 2.12. The molecule has 0 spiro atoms. The standard InChI is InChI=1S/C6H7N7/c7-13-3-12-6-4-5(9-1-8-4)10-2-11-6/h1-3H,7H2,(H2,8,9,10,11,12,13). The summed E-state index contributed by atoms with van der Waals surface area (Å²) in [4.78, 5) is 14.8. The number of nitrogens with one attached hydrogen (secondary N) is 2. The monoisotopic (exact) mass is 177 g/mol. The van der Waals surface area contributed by atoms with Gasteiger partial charge in [-0.15, -0.1) is 0 Å². The van der Waals surface area contributed by atoms with Crippen LogP contribution in [0.3, 0.4) is 0 Å². The van der Waals surface area contributed by atoms with Crippen molar-refractivity contribution in [2.45, 2.75) is 0 Å². The Labute approximate surface area is 73.1 Å². The van der Waals surface area contributed by atoms with Crippen molar-refractivity contribution in [2.75, 3.05) is 5.32 Å². The summed E-state index contributed by atoms with van der Waals surface area (Å²) in [5, 5.41) is 6.06. The number of nitrogens with zero attached hydrogens (tertiary/aromatic N) is 4. The highest BCUT2D eigenvalue weighted by molar-refractivity contribution is 5.88. The zero-order valence-corrected chi connectivity index (χ0v) is 6.60. The first kappa shape index (κ1) is 7.47. The van der Waals surface area contributed by atoms with E-state index in [9.17, 15) is 0 Å². The number of fused-ring (bicyclic) bond motifs is 1. The van der Waals surface area contributed by atoms with Crippen molar-refractivity contribution in [1.82, 2.24) is 19.9 Å². The van der Waals surface area contributed by atoms with E-state index in [1.807, 2.05) is 0 Å². The van der Waals surface area contributed by atoms with Crippen molar-refractivity contribution in [2.24, 2.45) is 10.9 Å². The van der Waals surface area contributed by atoms with Crippen LogP contribution in [-0.2, 0) is 0 Å². The average Bonchev–Trinajstić information content (AvgIpc) is 2.62. The molecule has 0 aliphatic heterocycles. The van der Waals surface area contributed by atoms with Crippen LogP contribution in [0.2, 0.25) is 0 Å². The maximum atomic E-state index is 4.93.